The zero-order valence-corrected chi connectivity index (χ0v) is 9.08. The third kappa shape index (κ3) is 6.01. The lowest BCUT2D eigenvalue weighted by molar-refractivity contribution is 0.628. The average molecular weight is 207 g/mol. The molecule has 0 saturated heterocycles. The summed E-state index contributed by atoms with van der Waals surface area (Å²) < 4.78 is 0. The lowest BCUT2D eigenvalue weighted by atomic mass is 10.1. The van der Waals surface area contributed by atoms with Crippen molar-refractivity contribution >= 4 is 5.95 Å². The second kappa shape index (κ2) is 8.17. The molecule has 0 unspecified atom stereocenters. The van der Waals surface area contributed by atoms with Crippen LogP contribution in [0.4, 0.5) is 5.95 Å². The highest BCUT2D eigenvalue weighted by molar-refractivity contribution is 5.21. The van der Waals surface area contributed by atoms with Gasteiger partial charge < -0.3 is 11.1 Å². The molecule has 0 aromatic carbocycles. The Morgan fingerprint density at radius 2 is 2.00 bits per heavy atom. The summed E-state index contributed by atoms with van der Waals surface area (Å²) in [4.78, 5) is 8.02. The molecule has 4 nitrogen and oxygen atoms in total. The fourth-order valence-corrected chi connectivity index (χ4v) is 1.35. The molecule has 0 atom stereocenters. The van der Waals surface area contributed by atoms with Crippen molar-refractivity contribution in [3.8, 4) is 0 Å². The van der Waals surface area contributed by atoms with Crippen molar-refractivity contribution in [1.29, 1.82) is 0 Å². The van der Waals surface area contributed by atoms with E-state index >= 15 is 0 Å². The van der Waals surface area contributed by atoms with E-state index in [4.69, 9.17) is 5.73 Å². The number of hydrogen-bond donors (Lipinski definition) is 2. The zero-order valence-electron chi connectivity index (χ0n) is 9.08. The maximum atomic E-state index is 5.41. The van der Waals surface area contributed by atoms with Crippen LogP contribution in [0.25, 0.3) is 0 Å². The summed E-state index contributed by atoms with van der Waals surface area (Å²) in [7, 11) is 0. The Kier molecular flexibility index (Phi) is 6.49. The smallest absolute Gasteiger partial charge is 0.223 e. The molecule has 0 spiro atoms. The van der Waals surface area contributed by atoms with Crippen LogP contribution in [0.15, 0.2) is 12.3 Å². The van der Waals surface area contributed by atoms with E-state index < -0.39 is 0 Å². The van der Waals surface area contributed by atoms with Gasteiger partial charge in [0.05, 0.1) is 6.20 Å². The summed E-state index contributed by atoms with van der Waals surface area (Å²) in [6.45, 7) is 1.74. The molecule has 4 heteroatoms. The summed E-state index contributed by atoms with van der Waals surface area (Å²) in [5, 5.41) is 3.16. The first-order valence-electron chi connectivity index (χ1n) is 5.56. The zero-order chi connectivity index (χ0) is 10.8. The van der Waals surface area contributed by atoms with Gasteiger partial charge in [-0.05, 0) is 25.5 Å². The van der Waals surface area contributed by atoms with E-state index in [1.54, 1.807) is 12.3 Å². The Hall–Kier alpha value is -1.16. The van der Waals surface area contributed by atoms with Crippen LogP contribution in [0, 0.1) is 6.20 Å². The van der Waals surface area contributed by atoms with E-state index in [9.17, 15) is 0 Å². The minimum absolute atomic E-state index is 0.666. The molecule has 1 radical (unpaired) electrons. The molecule has 0 bridgehead atoms. The van der Waals surface area contributed by atoms with E-state index in [0.717, 1.165) is 25.9 Å². The van der Waals surface area contributed by atoms with Gasteiger partial charge in [0.1, 0.15) is 0 Å². The van der Waals surface area contributed by atoms with E-state index in [0.29, 0.717) is 5.95 Å². The standard InChI is InChI=1S/C11H19N4/c12-7-4-2-1-3-5-8-13-11-14-9-6-10-15-11/h6,9H,1-5,7-8,12H2,(H,13,14,15). The number of unbranched alkanes of at least 4 members (excludes halogenated alkanes) is 4. The number of aromatic nitrogens is 2. The molecule has 1 heterocycles. The van der Waals surface area contributed by atoms with Gasteiger partial charge in [-0.3, -0.25) is 0 Å². The van der Waals surface area contributed by atoms with Crippen molar-refractivity contribution in [2.24, 2.45) is 5.73 Å². The van der Waals surface area contributed by atoms with E-state index in [1.165, 1.54) is 19.3 Å². The minimum Gasteiger partial charge on any atom is -0.354 e. The third-order valence-corrected chi connectivity index (χ3v) is 2.18. The van der Waals surface area contributed by atoms with Crippen LogP contribution in [0.1, 0.15) is 32.1 Å². The molecule has 1 aromatic heterocycles. The van der Waals surface area contributed by atoms with E-state index in [2.05, 4.69) is 21.5 Å². The molecular formula is C11H19N4. The molecule has 0 aliphatic carbocycles. The van der Waals surface area contributed by atoms with E-state index in [1.807, 2.05) is 0 Å². The second-order valence-corrected chi connectivity index (χ2v) is 3.49. The topological polar surface area (TPSA) is 63.8 Å². The molecule has 3 N–H and O–H groups in total. The lowest BCUT2D eigenvalue weighted by Gasteiger charge is -2.03. The molecule has 1 aromatic rings. The summed E-state index contributed by atoms with van der Waals surface area (Å²) in [6, 6.07) is 1.69. The van der Waals surface area contributed by atoms with Crippen LogP contribution in [-0.2, 0) is 0 Å². The fraction of sp³-hybridized carbons (Fsp3) is 0.636. The van der Waals surface area contributed by atoms with Gasteiger partial charge in [-0.2, -0.15) is 0 Å². The maximum absolute atomic E-state index is 5.41. The van der Waals surface area contributed by atoms with Crippen molar-refractivity contribution in [2.45, 2.75) is 32.1 Å². The third-order valence-electron chi connectivity index (χ3n) is 2.18. The van der Waals surface area contributed by atoms with Gasteiger partial charge >= 0.3 is 0 Å². The lowest BCUT2D eigenvalue weighted by Crippen LogP contribution is -2.04. The first kappa shape index (κ1) is 11.9. The molecule has 0 fully saturated rings. The average Bonchev–Trinajstić information content (AvgIpc) is 2.29. The summed E-state index contributed by atoms with van der Waals surface area (Å²) in [5.41, 5.74) is 5.41. The number of nitrogens with zero attached hydrogens (tertiary/aromatic N) is 2. The Labute approximate surface area is 91.3 Å². The molecule has 83 valence electrons. The second-order valence-electron chi connectivity index (χ2n) is 3.49. The maximum Gasteiger partial charge on any atom is 0.223 e. The minimum atomic E-state index is 0.666. The number of nitrogens with one attached hydrogen (secondary N) is 1. The first-order valence-corrected chi connectivity index (χ1v) is 5.56. The van der Waals surface area contributed by atoms with Gasteiger partial charge in [-0.15, -0.1) is 0 Å². The Morgan fingerprint density at radius 1 is 1.20 bits per heavy atom. The van der Waals surface area contributed by atoms with Gasteiger partial charge in [-0.25, -0.2) is 9.97 Å². The number of hydrogen-bond acceptors (Lipinski definition) is 4. The highest BCUT2D eigenvalue weighted by atomic mass is 15.1. The summed E-state index contributed by atoms with van der Waals surface area (Å²) in [5.74, 6) is 0.666. The number of anilines is 1. The monoisotopic (exact) mass is 207 g/mol. The van der Waals surface area contributed by atoms with Crippen LogP contribution in [0.5, 0.6) is 0 Å². The van der Waals surface area contributed by atoms with Crippen LogP contribution >= 0.6 is 0 Å². The Bertz CT molecular complexity index is 238. The normalized spacial score (nSPS) is 10.2. The Morgan fingerprint density at radius 3 is 2.73 bits per heavy atom. The first-order chi connectivity index (χ1) is 7.43. The predicted molar refractivity (Wildman–Crippen MR) is 61.5 cm³/mol. The van der Waals surface area contributed by atoms with E-state index in [-0.39, 0.29) is 0 Å². The summed E-state index contributed by atoms with van der Waals surface area (Å²) >= 11 is 0. The highest BCUT2D eigenvalue weighted by Gasteiger charge is 1.93. The van der Waals surface area contributed by atoms with Crippen molar-refractivity contribution in [3.63, 3.8) is 0 Å². The van der Waals surface area contributed by atoms with Crippen molar-refractivity contribution in [3.05, 3.63) is 18.5 Å². The Balaban J connectivity index is 1.93. The SMILES string of the molecule is NCCCCCCCNc1n[c]ccn1. The molecule has 0 amide bonds. The predicted octanol–water partition coefficient (Wildman–Crippen LogP) is 1.60. The van der Waals surface area contributed by atoms with Gasteiger partial charge in [0, 0.05) is 12.7 Å². The van der Waals surface area contributed by atoms with Crippen molar-refractivity contribution in [1.82, 2.24) is 9.97 Å². The quantitative estimate of drug-likeness (QED) is 0.635. The fourth-order valence-electron chi connectivity index (χ4n) is 1.35. The number of nitrogens with two attached hydrogens (primary N) is 1. The molecule has 15 heavy (non-hydrogen) atoms. The van der Waals surface area contributed by atoms with Crippen LogP contribution in [-0.4, -0.2) is 23.1 Å². The highest BCUT2D eigenvalue weighted by Crippen LogP contribution is 2.02. The van der Waals surface area contributed by atoms with Gasteiger partial charge in [0.15, 0.2) is 0 Å². The van der Waals surface area contributed by atoms with Gasteiger partial charge in [-0.1, -0.05) is 19.3 Å². The van der Waals surface area contributed by atoms with Crippen LogP contribution < -0.4 is 11.1 Å². The largest absolute Gasteiger partial charge is 0.354 e. The summed E-state index contributed by atoms with van der Waals surface area (Å²) in [6.07, 6.45) is 10.5. The molecule has 1 rings (SSSR count). The van der Waals surface area contributed by atoms with Crippen molar-refractivity contribution in [2.75, 3.05) is 18.4 Å². The number of rotatable bonds is 8. The van der Waals surface area contributed by atoms with Gasteiger partial charge in [0.25, 0.3) is 0 Å². The molecular weight excluding hydrogens is 188 g/mol. The van der Waals surface area contributed by atoms with Gasteiger partial charge in [0.2, 0.25) is 5.95 Å². The van der Waals surface area contributed by atoms with Crippen LogP contribution in [0.3, 0.4) is 0 Å². The van der Waals surface area contributed by atoms with Crippen LogP contribution in [0.2, 0.25) is 0 Å². The molecule has 0 aliphatic rings. The molecule has 0 saturated carbocycles. The molecule has 0 aliphatic heterocycles. The van der Waals surface area contributed by atoms with Crippen molar-refractivity contribution < 1.29 is 0 Å².